The second-order valence-corrected chi connectivity index (χ2v) is 16.3. The monoisotopic (exact) mass is 802 g/mol. The molecule has 232 valence electrons. The van der Waals surface area contributed by atoms with E-state index in [0.717, 1.165) is 108 Å². The molecule has 0 radical (unpaired) electrons. The molecule has 0 aromatic carbocycles. The van der Waals surface area contributed by atoms with Crippen molar-refractivity contribution < 1.29 is 9.47 Å². The Labute approximate surface area is 278 Å². The SMILES string of the molecule is CC(C)n1nc(I)cc1C1[C@H]2CC(N3CCOCC3)C[C@@H]12.CC(C)n1nc(I)cc1C1[C@H]2CC(N3CCOCC3)C[C@@H]12. The lowest BCUT2D eigenvalue weighted by atomic mass is 10.0. The first kappa shape index (κ1) is 30.4. The zero-order valence-corrected chi connectivity index (χ0v) is 30.0. The summed E-state index contributed by atoms with van der Waals surface area (Å²) in [7, 11) is 0. The Morgan fingerprint density at radius 1 is 0.619 bits per heavy atom. The molecule has 4 saturated carbocycles. The average molecular weight is 803 g/mol. The topological polar surface area (TPSA) is 60.6 Å². The number of nitrogens with zero attached hydrogens (tertiary/aromatic N) is 6. The first-order valence-electron chi connectivity index (χ1n) is 16.4. The standard InChI is InChI=1S/2C16H24IN3O/c2*1-10(2)20-14(9-15(17)18-20)16-12-7-11(8-13(12)16)19-3-5-21-6-4-19/h2*9-13,16H,3-8H2,1-2H3/t2*11?,12-,13+,16?. The molecule has 42 heavy (non-hydrogen) atoms. The lowest BCUT2D eigenvalue weighted by molar-refractivity contribution is 0.0151. The molecular formula is C32H48I2N6O2. The lowest BCUT2D eigenvalue weighted by Crippen LogP contribution is -2.43. The fraction of sp³-hybridized carbons (Fsp3) is 0.812. The summed E-state index contributed by atoms with van der Waals surface area (Å²) in [6, 6.07) is 7.20. The average Bonchev–Trinajstić information content (AvgIpc) is 3.45. The van der Waals surface area contributed by atoms with Crippen LogP contribution < -0.4 is 0 Å². The minimum atomic E-state index is 0.472. The highest BCUT2D eigenvalue weighted by Crippen LogP contribution is 2.65. The van der Waals surface area contributed by atoms with Gasteiger partial charge in [0, 0.05) is 73.6 Å². The normalized spacial score (nSPS) is 36.2. The number of hydrogen-bond acceptors (Lipinski definition) is 6. The molecule has 0 amide bonds. The van der Waals surface area contributed by atoms with Crippen LogP contribution in [0.5, 0.6) is 0 Å². The smallest absolute Gasteiger partial charge is 0.123 e. The molecule has 2 saturated heterocycles. The number of halogens is 2. The van der Waals surface area contributed by atoms with Gasteiger partial charge in [-0.05, 0) is 134 Å². The molecule has 0 bridgehead atoms. The Bertz CT molecular complexity index is 1120. The van der Waals surface area contributed by atoms with Crippen molar-refractivity contribution in [1.82, 2.24) is 29.4 Å². The molecule has 2 aliphatic heterocycles. The van der Waals surface area contributed by atoms with Gasteiger partial charge in [-0.25, -0.2) is 0 Å². The van der Waals surface area contributed by atoms with Crippen LogP contribution in [0.25, 0.3) is 0 Å². The van der Waals surface area contributed by atoms with Gasteiger partial charge in [0.1, 0.15) is 7.40 Å². The predicted molar refractivity (Wildman–Crippen MR) is 181 cm³/mol. The molecule has 4 unspecified atom stereocenters. The van der Waals surface area contributed by atoms with Crippen LogP contribution in [0.2, 0.25) is 0 Å². The van der Waals surface area contributed by atoms with E-state index in [9.17, 15) is 0 Å². The Morgan fingerprint density at radius 3 is 1.26 bits per heavy atom. The van der Waals surface area contributed by atoms with E-state index in [0.29, 0.717) is 12.1 Å². The van der Waals surface area contributed by atoms with E-state index < -0.39 is 0 Å². The molecule has 2 aromatic rings. The van der Waals surface area contributed by atoms with Crippen molar-refractivity contribution in [2.45, 2.75) is 89.4 Å². The molecule has 6 fully saturated rings. The van der Waals surface area contributed by atoms with Crippen LogP contribution in [0.1, 0.15) is 88.7 Å². The number of rotatable bonds is 6. The van der Waals surface area contributed by atoms with Crippen molar-refractivity contribution in [3.05, 3.63) is 30.9 Å². The number of morpholine rings is 2. The summed E-state index contributed by atoms with van der Waals surface area (Å²) in [6.45, 7) is 17.2. The maximum atomic E-state index is 5.48. The van der Waals surface area contributed by atoms with Gasteiger partial charge >= 0.3 is 0 Å². The molecule has 4 aliphatic carbocycles. The van der Waals surface area contributed by atoms with Crippen molar-refractivity contribution in [3.8, 4) is 0 Å². The van der Waals surface area contributed by atoms with Gasteiger partial charge < -0.3 is 9.47 Å². The largest absolute Gasteiger partial charge is 0.379 e. The zero-order chi connectivity index (χ0) is 29.1. The van der Waals surface area contributed by atoms with Crippen LogP contribution in [-0.2, 0) is 9.47 Å². The first-order valence-corrected chi connectivity index (χ1v) is 18.6. The maximum absolute atomic E-state index is 5.48. The third kappa shape index (κ3) is 5.99. The summed E-state index contributed by atoms with van der Waals surface area (Å²) in [5.74, 6) is 5.18. The minimum Gasteiger partial charge on any atom is -0.379 e. The van der Waals surface area contributed by atoms with Crippen LogP contribution in [-0.4, -0.2) is 94.1 Å². The van der Waals surface area contributed by atoms with Crippen molar-refractivity contribution in [2.75, 3.05) is 52.6 Å². The van der Waals surface area contributed by atoms with E-state index in [4.69, 9.17) is 9.47 Å². The summed E-state index contributed by atoms with van der Waals surface area (Å²) < 4.78 is 17.8. The van der Waals surface area contributed by atoms with Crippen molar-refractivity contribution in [2.24, 2.45) is 23.7 Å². The summed E-state index contributed by atoms with van der Waals surface area (Å²) >= 11 is 4.70. The van der Waals surface area contributed by atoms with Gasteiger partial charge in [-0.3, -0.25) is 19.2 Å². The van der Waals surface area contributed by atoms with Crippen LogP contribution in [0.15, 0.2) is 12.1 Å². The van der Waals surface area contributed by atoms with Crippen LogP contribution in [0, 0.1) is 31.1 Å². The third-order valence-electron chi connectivity index (χ3n) is 11.1. The van der Waals surface area contributed by atoms with E-state index in [1.807, 2.05) is 0 Å². The molecule has 8 atom stereocenters. The Morgan fingerprint density at radius 2 is 0.952 bits per heavy atom. The van der Waals surface area contributed by atoms with Gasteiger partial charge in [0.15, 0.2) is 0 Å². The lowest BCUT2D eigenvalue weighted by Gasteiger charge is -2.33. The summed E-state index contributed by atoms with van der Waals surface area (Å²) in [5.41, 5.74) is 2.98. The molecule has 4 heterocycles. The molecule has 0 spiro atoms. The van der Waals surface area contributed by atoms with Crippen molar-refractivity contribution >= 4 is 45.2 Å². The highest BCUT2D eigenvalue weighted by Gasteiger charge is 2.59. The molecular weight excluding hydrogens is 754 g/mol. The molecule has 2 aromatic heterocycles. The number of aromatic nitrogens is 4. The molecule has 8 nitrogen and oxygen atoms in total. The number of hydrogen-bond donors (Lipinski definition) is 0. The third-order valence-corrected chi connectivity index (χ3v) is 12.1. The molecule has 6 aliphatic rings. The van der Waals surface area contributed by atoms with E-state index in [2.05, 4.69) is 114 Å². The summed E-state index contributed by atoms with van der Waals surface area (Å²) in [6.07, 6.45) is 5.54. The fourth-order valence-electron chi connectivity index (χ4n) is 9.06. The maximum Gasteiger partial charge on any atom is 0.123 e. The van der Waals surface area contributed by atoms with Crippen LogP contribution in [0.4, 0.5) is 0 Å². The predicted octanol–water partition coefficient (Wildman–Crippen LogP) is 5.79. The first-order chi connectivity index (χ1) is 20.3. The second kappa shape index (κ2) is 12.5. The minimum absolute atomic E-state index is 0.472. The van der Waals surface area contributed by atoms with E-state index in [1.54, 1.807) is 0 Å². The highest BCUT2D eigenvalue weighted by atomic mass is 127. The van der Waals surface area contributed by atoms with Crippen LogP contribution in [0.3, 0.4) is 0 Å². The van der Waals surface area contributed by atoms with Gasteiger partial charge in [0.25, 0.3) is 0 Å². The zero-order valence-electron chi connectivity index (χ0n) is 25.7. The van der Waals surface area contributed by atoms with Gasteiger partial charge in [-0.2, -0.15) is 10.2 Å². The van der Waals surface area contributed by atoms with Gasteiger partial charge in [-0.15, -0.1) is 0 Å². The van der Waals surface area contributed by atoms with Crippen molar-refractivity contribution in [3.63, 3.8) is 0 Å². The summed E-state index contributed by atoms with van der Waals surface area (Å²) in [4.78, 5) is 5.33. The summed E-state index contributed by atoms with van der Waals surface area (Å²) in [5, 5.41) is 9.37. The second-order valence-electron chi connectivity index (χ2n) is 14.1. The quantitative estimate of drug-likeness (QED) is 0.346. The van der Waals surface area contributed by atoms with Gasteiger partial charge in [0.2, 0.25) is 0 Å². The van der Waals surface area contributed by atoms with E-state index >= 15 is 0 Å². The number of ether oxygens (including phenoxy) is 2. The van der Waals surface area contributed by atoms with Crippen molar-refractivity contribution in [1.29, 1.82) is 0 Å². The molecule has 10 heteroatoms. The van der Waals surface area contributed by atoms with Crippen LogP contribution >= 0.6 is 45.2 Å². The van der Waals surface area contributed by atoms with E-state index in [-0.39, 0.29) is 0 Å². The fourth-order valence-corrected chi connectivity index (χ4v) is 10.2. The number of fused-ring (bicyclic) bond motifs is 2. The Kier molecular flexibility index (Phi) is 9.03. The Hall–Kier alpha value is -0.280. The Balaban J connectivity index is 0.000000137. The van der Waals surface area contributed by atoms with Gasteiger partial charge in [-0.1, -0.05) is 0 Å². The molecule has 0 N–H and O–H groups in total. The molecule has 8 rings (SSSR count). The van der Waals surface area contributed by atoms with Gasteiger partial charge in [0.05, 0.1) is 26.4 Å². The highest BCUT2D eigenvalue weighted by molar-refractivity contribution is 14.1. The van der Waals surface area contributed by atoms with E-state index in [1.165, 1.54) is 37.1 Å².